The third kappa shape index (κ3) is 5.66. The summed E-state index contributed by atoms with van der Waals surface area (Å²) in [6, 6.07) is 7.55. The van der Waals surface area contributed by atoms with E-state index < -0.39 is 18.2 Å². The van der Waals surface area contributed by atoms with Gasteiger partial charge < -0.3 is 24.6 Å². The fraction of sp³-hybridized carbons (Fsp3) is 0.710. The molecule has 3 heterocycles. The predicted molar refractivity (Wildman–Crippen MR) is 147 cm³/mol. The molecular formula is C31H43N3O5. The van der Waals surface area contributed by atoms with E-state index in [4.69, 9.17) is 9.47 Å². The molecule has 8 nitrogen and oxygen atoms in total. The van der Waals surface area contributed by atoms with Gasteiger partial charge in [-0.2, -0.15) is 0 Å². The molecular weight excluding hydrogens is 494 g/mol. The van der Waals surface area contributed by atoms with Crippen LogP contribution in [-0.2, 0) is 19.1 Å². The maximum Gasteiger partial charge on any atom is 0.251 e. The van der Waals surface area contributed by atoms with Crippen LogP contribution in [0.15, 0.2) is 24.3 Å². The maximum absolute atomic E-state index is 14.0. The van der Waals surface area contributed by atoms with E-state index in [1.54, 1.807) is 4.90 Å². The zero-order chi connectivity index (χ0) is 26.9. The first-order valence-corrected chi connectivity index (χ1v) is 15.2. The van der Waals surface area contributed by atoms with Crippen molar-refractivity contribution in [2.45, 2.75) is 101 Å². The first kappa shape index (κ1) is 26.9. The van der Waals surface area contributed by atoms with Gasteiger partial charge in [-0.3, -0.25) is 14.4 Å². The largest absolute Gasteiger partial charge is 0.374 e. The van der Waals surface area contributed by atoms with Crippen molar-refractivity contribution in [3.63, 3.8) is 0 Å². The van der Waals surface area contributed by atoms with Crippen LogP contribution in [0.25, 0.3) is 0 Å². The molecule has 0 spiro atoms. The van der Waals surface area contributed by atoms with Gasteiger partial charge in [0.15, 0.2) is 5.78 Å². The summed E-state index contributed by atoms with van der Waals surface area (Å²) in [5, 5.41) is 3.12. The van der Waals surface area contributed by atoms with Crippen molar-refractivity contribution >= 4 is 17.6 Å². The molecule has 1 aromatic rings. The fourth-order valence-corrected chi connectivity index (χ4v) is 7.40. The number of benzene rings is 1. The van der Waals surface area contributed by atoms with E-state index >= 15 is 0 Å². The number of nitrogens with zero attached hydrogens (tertiary/aromatic N) is 2. The molecule has 2 saturated carbocycles. The normalized spacial score (nSPS) is 29.4. The summed E-state index contributed by atoms with van der Waals surface area (Å²) in [7, 11) is 0. The summed E-state index contributed by atoms with van der Waals surface area (Å²) in [4.78, 5) is 44.5. The Hall–Kier alpha value is -2.29. The fourth-order valence-electron chi connectivity index (χ4n) is 7.40. The molecule has 5 fully saturated rings. The number of ether oxygens (including phenoxy) is 2. The van der Waals surface area contributed by atoms with E-state index in [-0.39, 0.29) is 36.2 Å². The molecule has 0 bridgehead atoms. The zero-order valence-electron chi connectivity index (χ0n) is 23.2. The minimum Gasteiger partial charge on any atom is -0.374 e. The number of nitrogens with one attached hydrogen (secondary N) is 1. The number of likely N-dealkylation sites (tertiary alicyclic amines) is 2. The molecule has 212 valence electrons. The number of ketones is 1. The van der Waals surface area contributed by atoms with Crippen LogP contribution in [0, 0.1) is 5.92 Å². The number of hydrogen-bond acceptors (Lipinski definition) is 6. The first-order valence-electron chi connectivity index (χ1n) is 15.2. The molecule has 0 unspecified atom stereocenters. The topological polar surface area (TPSA) is 88.2 Å². The number of amides is 2. The lowest BCUT2D eigenvalue weighted by Gasteiger charge is -2.34. The molecule has 5 aliphatic rings. The van der Waals surface area contributed by atoms with Crippen LogP contribution in [0.4, 0.5) is 0 Å². The Kier molecular flexibility index (Phi) is 8.05. The molecule has 8 heteroatoms. The highest BCUT2D eigenvalue weighted by molar-refractivity contribution is 5.99. The van der Waals surface area contributed by atoms with Crippen LogP contribution >= 0.6 is 0 Å². The molecule has 6 rings (SSSR count). The Morgan fingerprint density at radius 3 is 2.41 bits per heavy atom. The summed E-state index contributed by atoms with van der Waals surface area (Å²) in [5.41, 5.74) is 1.88. The van der Waals surface area contributed by atoms with Crippen LogP contribution in [0.5, 0.6) is 0 Å². The van der Waals surface area contributed by atoms with Gasteiger partial charge in [-0.1, -0.05) is 31.4 Å². The smallest absolute Gasteiger partial charge is 0.251 e. The van der Waals surface area contributed by atoms with E-state index in [2.05, 4.69) is 22.3 Å². The predicted octanol–water partition coefficient (Wildman–Crippen LogP) is 3.29. The second kappa shape index (κ2) is 11.7. The van der Waals surface area contributed by atoms with Gasteiger partial charge in [0.1, 0.15) is 30.9 Å². The van der Waals surface area contributed by atoms with Gasteiger partial charge in [0.25, 0.3) is 5.91 Å². The SMILES string of the molecule is CCO[C@H]1CN(C(=O)[C@@H](NC(=O)c2ccc(C3CCN(C4CC4)CC3)cc2)C2CCCCC2)[C@@H]2C(=O)CO[C@H]12. The van der Waals surface area contributed by atoms with Crippen molar-refractivity contribution in [2.75, 3.05) is 32.8 Å². The number of rotatable bonds is 8. The average Bonchev–Trinajstić information content (AvgIpc) is 3.67. The van der Waals surface area contributed by atoms with Gasteiger partial charge in [-0.15, -0.1) is 0 Å². The van der Waals surface area contributed by atoms with Gasteiger partial charge in [0.05, 0.1) is 6.54 Å². The van der Waals surface area contributed by atoms with E-state index in [9.17, 15) is 14.4 Å². The number of carbonyl (C=O) groups is 3. The summed E-state index contributed by atoms with van der Waals surface area (Å²) >= 11 is 0. The lowest BCUT2D eigenvalue weighted by Crippen LogP contribution is -2.55. The van der Waals surface area contributed by atoms with Crippen LogP contribution in [0.1, 0.15) is 86.6 Å². The highest BCUT2D eigenvalue weighted by Gasteiger charge is 2.54. The molecule has 0 radical (unpaired) electrons. The molecule has 4 atom stereocenters. The third-order valence-corrected chi connectivity index (χ3v) is 9.71. The van der Waals surface area contributed by atoms with Crippen molar-refractivity contribution in [3.05, 3.63) is 35.4 Å². The lowest BCUT2D eigenvalue weighted by molar-refractivity contribution is -0.139. The highest BCUT2D eigenvalue weighted by atomic mass is 16.6. The Morgan fingerprint density at radius 1 is 1.03 bits per heavy atom. The van der Waals surface area contributed by atoms with E-state index in [1.165, 1.54) is 44.3 Å². The van der Waals surface area contributed by atoms with Crippen molar-refractivity contribution < 1.29 is 23.9 Å². The van der Waals surface area contributed by atoms with Crippen LogP contribution in [-0.4, -0.2) is 90.6 Å². The molecule has 1 N–H and O–H groups in total. The van der Waals surface area contributed by atoms with Gasteiger partial charge in [-0.05, 0) is 88.1 Å². The third-order valence-electron chi connectivity index (χ3n) is 9.71. The number of hydrogen-bond donors (Lipinski definition) is 1. The Balaban J connectivity index is 1.15. The Labute approximate surface area is 231 Å². The Bertz CT molecular complexity index is 1040. The maximum atomic E-state index is 14.0. The first-order chi connectivity index (χ1) is 19.0. The second-order valence-corrected chi connectivity index (χ2v) is 12.2. The monoisotopic (exact) mass is 537 g/mol. The zero-order valence-corrected chi connectivity index (χ0v) is 23.2. The molecule has 3 saturated heterocycles. The van der Waals surface area contributed by atoms with E-state index in [1.807, 2.05) is 19.1 Å². The molecule has 1 aromatic carbocycles. The number of fused-ring (bicyclic) bond motifs is 1. The van der Waals surface area contributed by atoms with Gasteiger partial charge in [0.2, 0.25) is 5.91 Å². The molecule has 3 aliphatic heterocycles. The summed E-state index contributed by atoms with van der Waals surface area (Å²) in [6.45, 7) is 5.06. The van der Waals surface area contributed by atoms with Gasteiger partial charge in [-0.25, -0.2) is 0 Å². The molecule has 39 heavy (non-hydrogen) atoms. The van der Waals surface area contributed by atoms with Crippen LogP contribution < -0.4 is 5.32 Å². The molecule has 2 amide bonds. The summed E-state index contributed by atoms with van der Waals surface area (Å²) in [6.07, 6.45) is 9.36. The van der Waals surface area contributed by atoms with Crippen molar-refractivity contribution in [1.29, 1.82) is 0 Å². The van der Waals surface area contributed by atoms with E-state index in [0.29, 0.717) is 24.6 Å². The van der Waals surface area contributed by atoms with E-state index in [0.717, 1.165) is 38.1 Å². The molecule has 0 aromatic heterocycles. The quantitative estimate of drug-likeness (QED) is 0.548. The summed E-state index contributed by atoms with van der Waals surface area (Å²) < 4.78 is 11.6. The number of Topliss-reactive ketones (excluding diaryl/α,β-unsaturated/α-hetero) is 1. The lowest BCUT2D eigenvalue weighted by atomic mass is 9.83. The van der Waals surface area contributed by atoms with Gasteiger partial charge >= 0.3 is 0 Å². The van der Waals surface area contributed by atoms with Crippen molar-refractivity contribution in [1.82, 2.24) is 15.1 Å². The number of carbonyl (C=O) groups excluding carboxylic acids is 3. The minimum atomic E-state index is -0.654. The highest BCUT2D eigenvalue weighted by Crippen LogP contribution is 2.35. The van der Waals surface area contributed by atoms with Crippen LogP contribution in [0.3, 0.4) is 0 Å². The van der Waals surface area contributed by atoms with Crippen LogP contribution in [0.2, 0.25) is 0 Å². The van der Waals surface area contributed by atoms with Gasteiger partial charge in [0, 0.05) is 18.2 Å². The minimum absolute atomic E-state index is 0.00903. The number of piperidine rings is 1. The second-order valence-electron chi connectivity index (χ2n) is 12.2. The molecule has 2 aliphatic carbocycles. The average molecular weight is 538 g/mol. The Morgan fingerprint density at radius 2 is 1.74 bits per heavy atom. The summed E-state index contributed by atoms with van der Waals surface area (Å²) in [5.74, 6) is 0.127. The van der Waals surface area contributed by atoms with Crippen molar-refractivity contribution in [2.24, 2.45) is 5.92 Å². The standard InChI is InChI=1S/C31H43N3O5/c1-2-38-26-18-34(28-25(35)19-39-29(26)28)31(37)27(22-6-4-3-5-7-22)32-30(36)23-10-8-20(9-11-23)21-14-16-33(17-15-21)24-12-13-24/h8-11,21-22,24,26-29H,2-7,12-19H2,1H3,(H,32,36)/t26-,27-,28+,29+/m0/s1. The van der Waals surface area contributed by atoms with Crippen molar-refractivity contribution in [3.8, 4) is 0 Å².